The quantitative estimate of drug-likeness (QED) is 0.765. The number of hydrogen-bond donors (Lipinski definition) is 2. The van der Waals surface area contributed by atoms with E-state index in [1.807, 2.05) is 32.0 Å². The maximum absolute atomic E-state index is 12.1. The highest BCUT2D eigenvalue weighted by atomic mass is 16.5. The summed E-state index contributed by atoms with van der Waals surface area (Å²) in [7, 11) is 3.19. The predicted octanol–water partition coefficient (Wildman–Crippen LogP) is 2.49. The third kappa shape index (κ3) is 5.34. The molecule has 0 aliphatic heterocycles. The first-order valence-electron chi connectivity index (χ1n) is 8.09. The Balaban J connectivity index is 2.01. The Labute approximate surface area is 147 Å². The van der Waals surface area contributed by atoms with Crippen molar-refractivity contribution in [2.24, 2.45) is 5.92 Å². The van der Waals surface area contributed by atoms with E-state index in [2.05, 4.69) is 20.6 Å². The molecule has 2 rings (SSSR count). The van der Waals surface area contributed by atoms with Gasteiger partial charge in [0.15, 0.2) is 11.5 Å². The number of aromatic nitrogens is 2. The summed E-state index contributed by atoms with van der Waals surface area (Å²) in [5.74, 6) is 1.90. The van der Waals surface area contributed by atoms with Crippen molar-refractivity contribution in [3.8, 4) is 11.5 Å². The Bertz CT molecular complexity index is 719. The van der Waals surface area contributed by atoms with Gasteiger partial charge in [-0.15, -0.1) is 0 Å². The highest BCUT2D eigenvalue weighted by Gasteiger charge is 2.09. The van der Waals surface area contributed by atoms with Crippen molar-refractivity contribution in [3.05, 3.63) is 41.7 Å². The van der Waals surface area contributed by atoms with Gasteiger partial charge >= 0.3 is 0 Å². The molecule has 0 spiro atoms. The van der Waals surface area contributed by atoms with E-state index in [1.54, 1.807) is 26.5 Å². The zero-order chi connectivity index (χ0) is 18.2. The molecule has 0 saturated heterocycles. The number of benzene rings is 1. The van der Waals surface area contributed by atoms with Crippen LogP contribution in [0.1, 0.15) is 29.9 Å². The number of methoxy groups -OCH3 is 2. The minimum Gasteiger partial charge on any atom is -0.493 e. The molecule has 1 aromatic carbocycles. The third-order valence-electron chi connectivity index (χ3n) is 3.46. The Morgan fingerprint density at radius 2 is 1.92 bits per heavy atom. The lowest BCUT2D eigenvalue weighted by atomic mass is 10.2. The molecular formula is C18H24N4O3. The molecule has 1 aromatic heterocycles. The molecule has 2 aromatic rings. The van der Waals surface area contributed by atoms with E-state index in [4.69, 9.17) is 9.47 Å². The summed E-state index contributed by atoms with van der Waals surface area (Å²) < 4.78 is 10.5. The van der Waals surface area contributed by atoms with Crippen LogP contribution in [0.2, 0.25) is 0 Å². The summed E-state index contributed by atoms with van der Waals surface area (Å²) in [5.41, 5.74) is 1.32. The van der Waals surface area contributed by atoms with Gasteiger partial charge in [0.05, 0.1) is 14.2 Å². The van der Waals surface area contributed by atoms with Crippen molar-refractivity contribution in [2.45, 2.75) is 20.4 Å². The number of carbonyl (C=O) groups is 1. The van der Waals surface area contributed by atoms with Crippen LogP contribution in [-0.2, 0) is 6.54 Å². The van der Waals surface area contributed by atoms with Crippen molar-refractivity contribution in [1.29, 1.82) is 0 Å². The number of nitrogens with zero attached hydrogens (tertiary/aromatic N) is 2. The van der Waals surface area contributed by atoms with Crippen molar-refractivity contribution >= 4 is 11.9 Å². The highest BCUT2D eigenvalue weighted by Crippen LogP contribution is 2.27. The van der Waals surface area contributed by atoms with Crippen LogP contribution >= 0.6 is 0 Å². The summed E-state index contributed by atoms with van der Waals surface area (Å²) in [6, 6.07) is 7.24. The molecule has 134 valence electrons. The van der Waals surface area contributed by atoms with Crippen LogP contribution < -0.4 is 20.1 Å². The second kappa shape index (κ2) is 8.86. The second-order valence-electron chi connectivity index (χ2n) is 5.91. The van der Waals surface area contributed by atoms with Crippen LogP contribution in [0.25, 0.3) is 0 Å². The van der Waals surface area contributed by atoms with Gasteiger partial charge in [-0.2, -0.15) is 0 Å². The van der Waals surface area contributed by atoms with Crippen molar-refractivity contribution in [3.63, 3.8) is 0 Å². The second-order valence-corrected chi connectivity index (χ2v) is 5.91. The molecule has 7 heteroatoms. The molecule has 0 unspecified atom stereocenters. The molecule has 0 fully saturated rings. The van der Waals surface area contributed by atoms with Crippen LogP contribution in [0, 0.1) is 5.92 Å². The molecule has 2 N–H and O–H groups in total. The minimum atomic E-state index is -0.203. The SMILES string of the molecule is COc1ccc(CNc2nccc(C(=O)NCC(C)C)n2)cc1OC. The molecule has 7 nitrogen and oxygen atoms in total. The van der Waals surface area contributed by atoms with Crippen LogP contribution in [0.3, 0.4) is 0 Å². The number of nitrogens with one attached hydrogen (secondary N) is 2. The normalized spacial score (nSPS) is 10.4. The highest BCUT2D eigenvalue weighted by molar-refractivity contribution is 5.92. The number of carbonyl (C=O) groups excluding carboxylic acids is 1. The number of anilines is 1. The van der Waals surface area contributed by atoms with Crippen LogP contribution in [-0.4, -0.2) is 36.6 Å². The molecule has 1 amide bonds. The van der Waals surface area contributed by atoms with Gasteiger partial charge in [-0.3, -0.25) is 4.79 Å². The molecule has 0 aliphatic carbocycles. The largest absolute Gasteiger partial charge is 0.493 e. The molecule has 25 heavy (non-hydrogen) atoms. The standard InChI is InChI=1S/C18H24N4O3/c1-12(2)10-20-17(23)14-7-8-19-18(22-14)21-11-13-5-6-15(24-3)16(9-13)25-4/h5-9,12H,10-11H2,1-4H3,(H,20,23)(H,19,21,22). The molecule has 0 atom stereocenters. The molecule has 1 heterocycles. The van der Waals surface area contributed by atoms with Crippen molar-refractivity contribution in [2.75, 3.05) is 26.1 Å². The number of hydrogen-bond acceptors (Lipinski definition) is 6. The first kappa shape index (κ1) is 18.5. The van der Waals surface area contributed by atoms with E-state index >= 15 is 0 Å². The summed E-state index contributed by atoms with van der Waals surface area (Å²) in [6.45, 7) is 5.18. The number of ether oxygens (including phenoxy) is 2. The summed E-state index contributed by atoms with van der Waals surface area (Å²) in [5, 5.41) is 5.95. The van der Waals surface area contributed by atoms with Gasteiger partial charge < -0.3 is 20.1 Å². The van der Waals surface area contributed by atoms with Crippen molar-refractivity contribution in [1.82, 2.24) is 15.3 Å². The van der Waals surface area contributed by atoms with E-state index in [0.29, 0.717) is 42.1 Å². The van der Waals surface area contributed by atoms with Gasteiger partial charge in [0, 0.05) is 19.3 Å². The van der Waals surface area contributed by atoms with Crippen LogP contribution in [0.15, 0.2) is 30.5 Å². The van der Waals surface area contributed by atoms with Gasteiger partial charge in [-0.05, 0) is 29.7 Å². The number of amides is 1. The van der Waals surface area contributed by atoms with Gasteiger partial charge in [0.1, 0.15) is 5.69 Å². The minimum absolute atomic E-state index is 0.203. The predicted molar refractivity (Wildman–Crippen MR) is 96.1 cm³/mol. The average molecular weight is 344 g/mol. The van der Waals surface area contributed by atoms with Gasteiger partial charge in [-0.1, -0.05) is 19.9 Å². The van der Waals surface area contributed by atoms with Crippen LogP contribution in [0.4, 0.5) is 5.95 Å². The van der Waals surface area contributed by atoms with Crippen molar-refractivity contribution < 1.29 is 14.3 Å². The maximum atomic E-state index is 12.1. The fourth-order valence-electron chi connectivity index (χ4n) is 2.13. The molecule has 0 bridgehead atoms. The zero-order valence-electron chi connectivity index (χ0n) is 15.0. The molecular weight excluding hydrogens is 320 g/mol. The maximum Gasteiger partial charge on any atom is 0.270 e. The zero-order valence-corrected chi connectivity index (χ0v) is 15.0. The fraction of sp³-hybridized carbons (Fsp3) is 0.389. The Hall–Kier alpha value is -2.83. The lowest BCUT2D eigenvalue weighted by Crippen LogP contribution is -2.28. The Morgan fingerprint density at radius 1 is 1.16 bits per heavy atom. The molecule has 0 aliphatic rings. The van der Waals surface area contributed by atoms with Crippen LogP contribution in [0.5, 0.6) is 11.5 Å². The lowest BCUT2D eigenvalue weighted by Gasteiger charge is -2.11. The summed E-state index contributed by atoms with van der Waals surface area (Å²) in [6.07, 6.45) is 1.56. The first-order valence-corrected chi connectivity index (χ1v) is 8.09. The van der Waals surface area contributed by atoms with Gasteiger partial charge in [0.25, 0.3) is 5.91 Å². The summed E-state index contributed by atoms with van der Waals surface area (Å²) in [4.78, 5) is 20.5. The Kier molecular flexibility index (Phi) is 6.56. The van der Waals surface area contributed by atoms with E-state index in [-0.39, 0.29) is 5.91 Å². The monoisotopic (exact) mass is 344 g/mol. The van der Waals surface area contributed by atoms with E-state index < -0.39 is 0 Å². The topological polar surface area (TPSA) is 85.4 Å². The third-order valence-corrected chi connectivity index (χ3v) is 3.46. The number of rotatable bonds is 8. The first-order chi connectivity index (χ1) is 12.0. The van der Waals surface area contributed by atoms with E-state index in [0.717, 1.165) is 5.56 Å². The average Bonchev–Trinajstić information content (AvgIpc) is 2.64. The fourth-order valence-corrected chi connectivity index (χ4v) is 2.13. The smallest absolute Gasteiger partial charge is 0.270 e. The van der Waals surface area contributed by atoms with Gasteiger partial charge in [0.2, 0.25) is 5.95 Å². The molecule has 0 radical (unpaired) electrons. The Morgan fingerprint density at radius 3 is 2.60 bits per heavy atom. The summed E-state index contributed by atoms with van der Waals surface area (Å²) >= 11 is 0. The van der Waals surface area contributed by atoms with E-state index in [1.165, 1.54) is 0 Å². The van der Waals surface area contributed by atoms with E-state index in [9.17, 15) is 4.79 Å². The van der Waals surface area contributed by atoms with Gasteiger partial charge in [-0.25, -0.2) is 9.97 Å². The lowest BCUT2D eigenvalue weighted by molar-refractivity contribution is 0.0944. The molecule has 0 saturated carbocycles.